The van der Waals surface area contributed by atoms with E-state index in [-0.39, 0.29) is 17.7 Å². The van der Waals surface area contributed by atoms with Gasteiger partial charge in [0, 0.05) is 68.3 Å². The number of anilines is 2. The lowest BCUT2D eigenvalue weighted by Crippen LogP contribution is -2.62. The maximum atomic E-state index is 12.7. The molecule has 0 bridgehead atoms. The molecule has 0 radical (unpaired) electrons. The minimum Gasteiger partial charge on any atom is -0.444 e. The number of pyridine rings is 1. The van der Waals surface area contributed by atoms with Gasteiger partial charge in [-0.1, -0.05) is 29.3 Å². The van der Waals surface area contributed by atoms with E-state index in [1.54, 1.807) is 0 Å². The number of fused-ring (bicyclic) bond motifs is 2. The summed E-state index contributed by atoms with van der Waals surface area (Å²) in [4.78, 5) is 36.8. The van der Waals surface area contributed by atoms with Gasteiger partial charge < -0.3 is 29.1 Å². The van der Waals surface area contributed by atoms with Gasteiger partial charge in [0.15, 0.2) is 17.0 Å². The van der Waals surface area contributed by atoms with Gasteiger partial charge in [-0.3, -0.25) is 0 Å². The Kier molecular flexibility index (Phi) is 8.75. The molecule has 14 heteroatoms. The molecule has 272 valence electrons. The molecule has 8 rings (SSSR count). The zero-order valence-corrected chi connectivity index (χ0v) is 31.9. The molecule has 4 aromatic rings. The first kappa shape index (κ1) is 34.6. The Bertz CT molecular complexity index is 1980. The normalized spacial score (nSPS) is 21.1. The van der Waals surface area contributed by atoms with Crippen molar-refractivity contribution >= 4 is 63.0 Å². The van der Waals surface area contributed by atoms with E-state index >= 15 is 0 Å². The largest absolute Gasteiger partial charge is 0.444 e. The summed E-state index contributed by atoms with van der Waals surface area (Å²) in [5.41, 5.74) is 3.56. The summed E-state index contributed by atoms with van der Waals surface area (Å²) < 4.78 is 13.6. The van der Waals surface area contributed by atoms with Crippen molar-refractivity contribution in [2.24, 2.45) is 5.41 Å². The third kappa shape index (κ3) is 6.36. The summed E-state index contributed by atoms with van der Waals surface area (Å²) in [6, 6.07) is 6.54. The molecule has 4 aliphatic heterocycles. The SMILES string of the molecule is Cc1ccc2c(c(Cl)nn2C2CCCCO2)c1-c1nc2nc(N3CC(N(C)C)C3)nc(N3CCC4(CC3)CN(C(=O)OC(C)(C)C)C4)c2cc1Cl. The molecule has 7 heterocycles. The molecule has 12 nitrogen and oxygen atoms in total. The molecule has 1 amide bonds. The van der Waals surface area contributed by atoms with E-state index in [9.17, 15) is 4.79 Å². The number of likely N-dealkylation sites (tertiary alicyclic amines) is 1. The molecule has 1 aromatic carbocycles. The van der Waals surface area contributed by atoms with Crippen molar-refractivity contribution in [3.8, 4) is 11.3 Å². The Morgan fingerprint density at radius 1 is 1.04 bits per heavy atom. The third-order valence-corrected chi connectivity index (χ3v) is 11.6. The van der Waals surface area contributed by atoms with E-state index in [0.29, 0.717) is 40.1 Å². The number of aryl methyl sites for hydroxylation is 1. The minimum absolute atomic E-state index is 0.0983. The van der Waals surface area contributed by atoms with Gasteiger partial charge in [-0.25, -0.2) is 14.5 Å². The van der Waals surface area contributed by atoms with Crippen molar-refractivity contribution in [1.29, 1.82) is 0 Å². The van der Waals surface area contributed by atoms with Gasteiger partial charge in [-0.15, -0.1) is 0 Å². The molecule has 0 saturated carbocycles. The quantitative estimate of drug-likeness (QED) is 0.214. The van der Waals surface area contributed by atoms with Crippen LogP contribution < -0.4 is 9.80 Å². The number of likely N-dealkylation sites (N-methyl/N-ethyl adjacent to an activating group) is 1. The van der Waals surface area contributed by atoms with E-state index in [1.807, 2.05) is 43.3 Å². The summed E-state index contributed by atoms with van der Waals surface area (Å²) in [6.45, 7) is 13.2. The lowest BCUT2D eigenvalue weighted by atomic mass is 9.72. The highest BCUT2D eigenvalue weighted by atomic mass is 35.5. The van der Waals surface area contributed by atoms with Gasteiger partial charge in [0.1, 0.15) is 11.4 Å². The molecule has 3 aromatic heterocycles. The predicted molar refractivity (Wildman–Crippen MR) is 201 cm³/mol. The molecule has 1 unspecified atom stereocenters. The van der Waals surface area contributed by atoms with Crippen molar-refractivity contribution in [2.45, 2.75) is 77.7 Å². The van der Waals surface area contributed by atoms with Crippen molar-refractivity contribution in [3.05, 3.63) is 33.9 Å². The summed E-state index contributed by atoms with van der Waals surface area (Å²) >= 11 is 14.1. The highest BCUT2D eigenvalue weighted by Crippen LogP contribution is 2.45. The number of ether oxygens (including phenoxy) is 2. The number of benzene rings is 1. The van der Waals surface area contributed by atoms with Crippen LogP contribution in [0.3, 0.4) is 0 Å². The smallest absolute Gasteiger partial charge is 0.410 e. The van der Waals surface area contributed by atoms with Crippen LogP contribution in [0.2, 0.25) is 10.2 Å². The highest BCUT2D eigenvalue weighted by Gasteiger charge is 2.48. The fourth-order valence-corrected chi connectivity index (χ4v) is 8.49. The Balaban J connectivity index is 1.14. The maximum absolute atomic E-state index is 12.7. The van der Waals surface area contributed by atoms with Crippen molar-refractivity contribution in [1.82, 2.24) is 34.5 Å². The minimum atomic E-state index is -0.503. The van der Waals surface area contributed by atoms with Crippen LogP contribution in [0, 0.1) is 12.3 Å². The number of aromatic nitrogens is 5. The van der Waals surface area contributed by atoms with Gasteiger partial charge in [-0.05, 0) is 91.6 Å². The van der Waals surface area contributed by atoms with E-state index in [4.69, 9.17) is 52.7 Å². The van der Waals surface area contributed by atoms with Crippen LogP contribution in [0.15, 0.2) is 18.2 Å². The summed E-state index contributed by atoms with van der Waals surface area (Å²) in [5.74, 6) is 1.52. The second-order valence-corrected chi connectivity index (χ2v) is 16.9. The van der Waals surface area contributed by atoms with E-state index in [0.717, 1.165) is 105 Å². The van der Waals surface area contributed by atoms with E-state index in [2.05, 4.69) is 40.9 Å². The Morgan fingerprint density at radius 2 is 1.78 bits per heavy atom. The first-order valence-corrected chi connectivity index (χ1v) is 18.9. The number of rotatable bonds is 5. The van der Waals surface area contributed by atoms with Crippen molar-refractivity contribution < 1.29 is 14.3 Å². The number of piperidine rings is 1. The molecular formula is C37H47Cl2N9O3. The lowest BCUT2D eigenvalue weighted by Gasteiger charge is -2.53. The molecule has 1 atom stereocenters. The standard InChI is InChI=1S/C37H47Cl2N9O3/c1-22-10-11-26-29(31(39)43-48(26)27-9-7-8-16-50-27)28(22)30-25(38)17-24-32(40-30)41-34(46-18-23(19-46)44(5)6)42-33(24)45-14-12-37(13-15-45)20-47(21-37)35(49)51-36(2,3)4/h10-11,17,23,27H,7-9,12-16,18-21H2,1-6H3. The predicted octanol–water partition coefficient (Wildman–Crippen LogP) is 6.94. The monoisotopic (exact) mass is 735 g/mol. The van der Waals surface area contributed by atoms with Gasteiger partial charge in [0.25, 0.3) is 0 Å². The Labute approximate surface area is 309 Å². The van der Waals surface area contributed by atoms with Crippen LogP contribution in [-0.2, 0) is 9.47 Å². The van der Waals surface area contributed by atoms with Crippen LogP contribution in [0.4, 0.5) is 16.6 Å². The average Bonchev–Trinajstić information content (AvgIpc) is 3.38. The second-order valence-electron chi connectivity index (χ2n) is 16.1. The third-order valence-electron chi connectivity index (χ3n) is 11.0. The van der Waals surface area contributed by atoms with Crippen molar-refractivity contribution in [2.75, 3.05) is 69.8 Å². The molecule has 0 aliphatic carbocycles. The maximum Gasteiger partial charge on any atom is 0.410 e. The first-order valence-electron chi connectivity index (χ1n) is 18.1. The zero-order valence-electron chi connectivity index (χ0n) is 30.4. The summed E-state index contributed by atoms with van der Waals surface area (Å²) in [5, 5.41) is 7.29. The van der Waals surface area contributed by atoms with E-state index < -0.39 is 5.60 Å². The number of carbonyl (C=O) groups is 1. The number of hydrogen-bond donors (Lipinski definition) is 0. The fourth-order valence-electron chi connectivity index (χ4n) is 7.97. The number of nitrogens with zero attached hydrogens (tertiary/aromatic N) is 9. The first-order chi connectivity index (χ1) is 24.3. The Hall–Kier alpha value is -3.45. The van der Waals surface area contributed by atoms with Gasteiger partial charge >= 0.3 is 6.09 Å². The van der Waals surface area contributed by atoms with Crippen LogP contribution >= 0.6 is 23.2 Å². The summed E-state index contributed by atoms with van der Waals surface area (Å²) in [7, 11) is 4.21. The van der Waals surface area contributed by atoms with Gasteiger partial charge in [0.2, 0.25) is 5.95 Å². The summed E-state index contributed by atoms with van der Waals surface area (Å²) in [6.07, 6.45) is 4.53. The van der Waals surface area contributed by atoms with Gasteiger partial charge in [-0.2, -0.15) is 15.1 Å². The number of halogens is 2. The molecular weight excluding hydrogens is 689 g/mol. The number of carbonyl (C=O) groups excluding carboxylic acids is 1. The fraction of sp³-hybridized carbons (Fsp3) is 0.595. The molecule has 4 saturated heterocycles. The molecule has 0 N–H and O–H groups in total. The molecule has 1 spiro atoms. The second kappa shape index (κ2) is 12.9. The van der Waals surface area contributed by atoms with E-state index in [1.165, 1.54) is 0 Å². The molecule has 51 heavy (non-hydrogen) atoms. The lowest BCUT2D eigenvalue weighted by molar-refractivity contribution is -0.0434. The highest BCUT2D eigenvalue weighted by molar-refractivity contribution is 6.37. The van der Waals surface area contributed by atoms with Crippen LogP contribution in [0.25, 0.3) is 33.2 Å². The molecule has 4 fully saturated rings. The van der Waals surface area contributed by atoms with Crippen LogP contribution in [-0.4, -0.2) is 112 Å². The number of hydrogen-bond acceptors (Lipinski definition) is 10. The molecule has 4 aliphatic rings. The van der Waals surface area contributed by atoms with Gasteiger partial charge in [0.05, 0.1) is 21.6 Å². The Morgan fingerprint density at radius 3 is 2.45 bits per heavy atom. The van der Waals surface area contributed by atoms with Crippen LogP contribution in [0.5, 0.6) is 0 Å². The van der Waals surface area contributed by atoms with Crippen molar-refractivity contribution in [3.63, 3.8) is 0 Å². The topological polar surface area (TPSA) is 105 Å². The zero-order chi connectivity index (χ0) is 35.8. The van der Waals surface area contributed by atoms with Crippen LogP contribution in [0.1, 0.15) is 64.7 Å². The average molecular weight is 737 g/mol. The number of amides is 1.